The number of rotatable bonds is 5. The smallest absolute Gasteiger partial charge is 0.227 e. The number of nitrogens with one attached hydrogen (secondary N) is 1. The van der Waals surface area contributed by atoms with Gasteiger partial charge >= 0.3 is 0 Å². The second-order valence-corrected chi connectivity index (χ2v) is 5.59. The van der Waals surface area contributed by atoms with E-state index < -0.39 is 11.6 Å². The first kappa shape index (κ1) is 18.8. The van der Waals surface area contributed by atoms with E-state index in [-0.39, 0.29) is 30.3 Å². The number of likely N-dealkylation sites (tertiary alicyclic amines) is 1. The van der Waals surface area contributed by atoms with Crippen LogP contribution in [-0.2, 0) is 11.2 Å². The van der Waals surface area contributed by atoms with Crippen molar-refractivity contribution in [2.24, 2.45) is 5.92 Å². The molecule has 0 aliphatic carbocycles. The second-order valence-electron chi connectivity index (χ2n) is 5.59. The third kappa shape index (κ3) is 4.92. The maximum absolute atomic E-state index is 13.6. The predicted molar refractivity (Wildman–Crippen MR) is 85.2 cm³/mol. The average Bonchev–Trinajstić information content (AvgIpc) is 2.49. The molecule has 1 heterocycles. The molecule has 0 bridgehead atoms. The van der Waals surface area contributed by atoms with Crippen molar-refractivity contribution in [3.63, 3.8) is 0 Å². The molecule has 0 aromatic heterocycles. The summed E-state index contributed by atoms with van der Waals surface area (Å²) < 4.78 is 27.1. The third-order valence-corrected chi connectivity index (χ3v) is 4.16. The molecule has 1 aliphatic heterocycles. The lowest BCUT2D eigenvalue weighted by Crippen LogP contribution is -2.40. The number of carbonyl (C=O) groups excluding carboxylic acids is 1. The topological polar surface area (TPSA) is 32.3 Å². The van der Waals surface area contributed by atoms with Crippen LogP contribution in [0.25, 0.3) is 0 Å². The van der Waals surface area contributed by atoms with Crippen LogP contribution >= 0.6 is 12.4 Å². The first-order valence-electron chi connectivity index (χ1n) is 7.47. The summed E-state index contributed by atoms with van der Waals surface area (Å²) >= 11 is 0. The van der Waals surface area contributed by atoms with Gasteiger partial charge in [-0.1, -0.05) is 6.07 Å². The summed E-state index contributed by atoms with van der Waals surface area (Å²) in [5.41, 5.74) is -0.125. The fraction of sp³-hybridized carbons (Fsp3) is 0.562. The molecular formula is C16H23ClF2N2O. The molecule has 124 valence electrons. The summed E-state index contributed by atoms with van der Waals surface area (Å²) in [5.74, 6) is -0.850. The minimum Gasteiger partial charge on any atom is -0.342 e. The van der Waals surface area contributed by atoms with Gasteiger partial charge in [-0.05, 0) is 50.9 Å². The van der Waals surface area contributed by atoms with Gasteiger partial charge in [0.2, 0.25) is 5.91 Å². The molecule has 1 saturated heterocycles. The van der Waals surface area contributed by atoms with Gasteiger partial charge in [-0.2, -0.15) is 0 Å². The summed E-state index contributed by atoms with van der Waals surface area (Å²) in [7, 11) is 1.93. The van der Waals surface area contributed by atoms with Gasteiger partial charge < -0.3 is 10.2 Å². The van der Waals surface area contributed by atoms with Gasteiger partial charge in [0, 0.05) is 18.7 Å². The molecule has 22 heavy (non-hydrogen) atoms. The Balaban J connectivity index is 0.00000242. The Hall–Kier alpha value is -1.20. The standard InChI is InChI=1S/C16H22F2N2O.ClH/c1-19-8-5-12-6-9-20(10-7-12)16(21)11-13-14(17)3-2-4-15(13)18;/h2-4,12,19H,5-11H2,1H3;1H. The molecule has 1 aromatic rings. The molecule has 3 nitrogen and oxygen atoms in total. The van der Waals surface area contributed by atoms with E-state index in [1.54, 1.807) is 4.90 Å². The number of benzene rings is 1. The number of piperidine rings is 1. The summed E-state index contributed by atoms with van der Waals surface area (Å²) in [6, 6.07) is 3.69. The van der Waals surface area contributed by atoms with Gasteiger partial charge in [-0.3, -0.25) is 4.79 Å². The quantitative estimate of drug-likeness (QED) is 0.899. The van der Waals surface area contributed by atoms with Gasteiger partial charge in [-0.25, -0.2) is 8.78 Å². The van der Waals surface area contributed by atoms with Crippen LogP contribution < -0.4 is 5.32 Å². The van der Waals surface area contributed by atoms with Crippen molar-refractivity contribution in [1.82, 2.24) is 10.2 Å². The maximum Gasteiger partial charge on any atom is 0.227 e. The van der Waals surface area contributed by atoms with Gasteiger partial charge in [0.05, 0.1) is 6.42 Å². The highest BCUT2D eigenvalue weighted by Crippen LogP contribution is 2.21. The van der Waals surface area contributed by atoms with Gasteiger partial charge in [0.25, 0.3) is 0 Å². The Morgan fingerprint density at radius 3 is 2.41 bits per heavy atom. The number of amides is 1. The van der Waals surface area contributed by atoms with E-state index in [1.807, 2.05) is 7.05 Å². The number of hydrogen-bond donors (Lipinski definition) is 1. The molecule has 2 rings (SSSR count). The van der Waals surface area contributed by atoms with Crippen LogP contribution in [0.1, 0.15) is 24.8 Å². The highest BCUT2D eigenvalue weighted by atomic mass is 35.5. The predicted octanol–water partition coefficient (Wildman–Crippen LogP) is 2.78. The Morgan fingerprint density at radius 1 is 1.27 bits per heavy atom. The van der Waals surface area contributed by atoms with E-state index in [4.69, 9.17) is 0 Å². The number of carbonyl (C=O) groups is 1. The van der Waals surface area contributed by atoms with E-state index in [9.17, 15) is 13.6 Å². The number of halogens is 3. The third-order valence-electron chi connectivity index (χ3n) is 4.16. The molecule has 0 spiro atoms. The normalized spacial score (nSPS) is 15.5. The lowest BCUT2D eigenvalue weighted by molar-refractivity contribution is -0.132. The fourth-order valence-corrected chi connectivity index (χ4v) is 2.78. The van der Waals surface area contributed by atoms with Crippen LogP contribution in [-0.4, -0.2) is 37.5 Å². The molecule has 1 amide bonds. The summed E-state index contributed by atoms with van der Waals surface area (Å²) in [6.45, 7) is 2.35. The van der Waals surface area contributed by atoms with Crippen molar-refractivity contribution in [1.29, 1.82) is 0 Å². The Labute approximate surface area is 136 Å². The molecule has 6 heteroatoms. The van der Waals surface area contributed by atoms with E-state index in [0.717, 1.165) is 25.8 Å². The zero-order chi connectivity index (χ0) is 15.2. The summed E-state index contributed by atoms with van der Waals surface area (Å²) in [6.07, 6.45) is 2.85. The largest absolute Gasteiger partial charge is 0.342 e. The van der Waals surface area contributed by atoms with Gasteiger partial charge in [-0.15, -0.1) is 12.4 Å². The highest BCUT2D eigenvalue weighted by Gasteiger charge is 2.24. The molecule has 0 radical (unpaired) electrons. The first-order chi connectivity index (χ1) is 10.1. The van der Waals surface area contributed by atoms with Crippen molar-refractivity contribution in [3.05, 3.63) is 35.4 Å². The van der Waals surface area contributed by atoms with Crippen LogP contribution in [0.2, 0.25) is 0 Å². The molecule has 1 aromatic carbocycles. The molecule has 0 saturated carbocycles. The van der Waals surface area contributed by atoms with Crippen molar-refractivity contribution in [3.8, 4) is 0 Å². The van der Waals surface area contributed by atoms with E-state index in [2.05, 4.69) is 5.32 Å². The Kier molecular flexibility index (Phi) is 7.76. The lowest BCUT2D eigenvalue weighted by atomic mass is 9.93. The molecular weight excluding hydrogens is 310 g/mol. The zero-order valence-electron chi connectivity index (χ0n) is 12.8. The Morgan fingerprint density at radius 2 is 1.86 bits per heavy atom. The van der Waals surface area contributed by atoms with Crippen molar-refractivity contribution >= 4 is 18.3 Å². The number of hydrogen-bond acceptors (Lipinski definition) is 2. The fourth-order valence-electron chi connectivity index (χ4n) is 2.78. The van der Waals surface area contributed by atoms with Crippen molar-refractivity contribution in [2.75, 3.05) is 26.7 Å². The van der Waals surface area contributed by atoms with Gasteiger partial charge in [0.1, 0.15) is 11.6 Å². The molecule has 1 fully saturated rings. The lowest BCUT2D eigenvalue weighted by Gasteiger charge is -2.32. The highest BCUT2D eigenvalue weighted by molar-refractivity contribution is 5.85. The number of nitrogens with zero attached hydrogens (tertiary/aromatic N) is 1. The summed E-state index contributed by atoms with van der Waals surface area (Å²) in [4.78, 5) is 13.9. The zero-order valence-corrected chi connectivity index (χ0v) is 13.6. The minimum atomic E-state index is -0.646. The van der Waals surface area contributed by atoms with Crippen molar-refractivity contribution < 1.29 is 13.6 Å². The van der Waals surface area contributed by atoms with E-state index in [1.165, 1.54) is 18.2 Å². The van der Waals surface area contributed by atoms with E-state index >= 15 is 0 Å². The summed E-state index contributed by atoms with van der Waals surface area (Å²) in [5, 5.41) is 3.13. The Bertz CT molecular complexity index is 471. The van der Waals surface area contributed by atoms with Crippen molar-refractivity contribution in [2.45, 2.75) is 25.7 Å². The second kappa shape index (κ2) is 9.06. The molecule has 1 N–H and O–H groups in total. The monoisotopic (exact) mass is 332 g/mol. The minimum absolute atomic E-state index is 0. The van der Waals surface area contributed by atoms with Gasteiger partial charge in [0.15, 0.2) is 0 Å². The van der Waals surface area contributed by atoms with Crippen LogP contribution in [0.15, 0.2) is 18.2 Å². The average molecular weight is 333 g/mol. The SMILES string of the molecule is CNCCC1CCN(C(=O)Cc2c(F)cccc2F)CC1.Cl. The van der Waals surface area contributed by atoms with Crippen LogP contribution in [0.5, 0.6) is 0 Å². The van der Waals surface area contributed by atoms with Crippen LogP contribution in [0.3, 0.4) is 0 Å². The van der Waals surface area contributed by atoms with Crippen LogP contribution in [0.4, 0.5) is 8.78 Å². The first-order valence-corrected chi connectivity index (χ1v) is 7.47. The maximum atomic E-state index is 13.6. The molecule has 1 aliphatic rings. The molecule has 0 unspecified atom stereocenters. The molecule has 0 atom stereocenters. The van der Waals surface area contributed by atoms with E-state index in [0.29, 0.717) is 19.0 Å². The van der Waals surface area contributed by atoms with Crippen LogP contribution in [0, 0.1) is 17.6 Å².